The van der Waals surface area contributed by atoms with Gasteiger partial charge in [0.25, 0.3) is 0 Å². The number of hydrogen-bond acceptors (Lipinski definition) is 6. The van der Waals surface area contributed by atoms with Crippen LogP contribution in [0.25, 0.3) is 49.4 Å². The van der Waals surface area contributed by atoms with Crippen LogP contribution in [0.1, 0.15) is 128 Å². The van der Waals surface area contributed by atoms with Crippen LogP contribution in [0.4, 0.5) is 9.59 Å². The topological polar surface area (TPSA) is 76.0 Å². The number of fused-ring (bicyclic) bond motifs is 7. The minimum absolute atomic E-state index is 0.388. The van der Waals surface area contributed by atoms with Gasteiger partial charge in [-0.05, 0) is 146 Å². The molecule has 1 aliphatic carbocycles. The smallest absolute Gasteiger partial charge is 0.428 e. The molecule has 11 aromatic rings. The second-order valence-corrected chi connectivity index (χ2v) is 23.0. The van der Waals surface area contributed by atoms with Gasteiger partial charge in [-0.2, -0.15) is 0 Å². The van der Waals surface area contributed by atoms with Crippen molar-refractivity contribution in [3.63, 3.8) is 0 Å². The van der Waals surface area contributed by atoms with E-state index in [9.17, 15) is 9.59 Å². The first-order chi connectivity index (χ1) is 40.4. The van der Waals surface area contributed by atoms with Crippen LogP contribution >= 0.6 is 0 Å². The molecular formula is C77H79NO6. The fourth-order valence-corrected chi connectivity index (χ4v) is 10.6. The lowest BCUT2D eigenvalue weighted by molar-refractivity contribution is 0.0193. The Kier molecular flexibility index (Phi) is 19.8. The van der Waals surface area contributed by atoms with E-state index in [-0.39, 0.29) is 0 Å². The van der Waals surface area contributed by atoms with Crippen molar-refractivity contribution in [1.82, 2.24) is 4.57 Å². The van der Waals surface area contributed by atoms with E-state index >= 15 is 0 Å². The third-order valence-electron chi connectivity index (χ3n) is 14.2. The Bertz CT molecular complexity index is 3700. The van der Waals surface area contributed by atoms with Crippen LogP contribution < -0.4 is 9.47 Å². The third-order valence-corrected chi connectivity index (χ3v) is 14.2. The molecule has 84 heavy (non-hydrogen) atoms. The average Bonchev–Trinajstić information content (AvgIpc) is 1.75. The number of carbonyl (C=O) groups is 2. The third kappa shape index (κ3) is 14.3. The molecule has 0 N–H and O–H groups in total. The van der Waals surface area contributed by atoms with Gasteiger partial charge in [-0.15, -0.1) is 0 Å². The minimum Gasteiger partial charge on any atom is -0.428 e. The summed E-state index contributed by atoms with van der Waals surface area (Å²) < 4.78 is 23.9. The minimum atomic E-state index is -0.753. The fraction of sp³-hybridized carbons (Fsp3) is 0.221. The predicted molar refractivity (Wildman–Crippen MR) is 348 cm³/mol. The molecular weight excluding hydrogens is 1030 g/mol. The maximum absolute atomic E-state index is 12.3. The molecule has 0 spiro atoms. The van der Waals surface area contributed by atoms with Gasteiger partial charge in [0.2, 0.25) is 0 Å². The molecule has 0 radical (unpaired) electrons. The lowest BCUT2D eigenvalue weighted by atomic mass is 9.68. The van der Waals surface area contributed by atoms with Gasteiger partial charge in [0, 0.05) is 16.2 Å². The number of benzene rings is 10. The van der Waals surface area contributed by atoms with Gasteiger partial charge >= 0.3 is 12.3 Å². The number of aromatic nitrogens is 1. The van der Waals surface area contributed by atoms with Crippen molar-refractivity contribution < 1.29 is 28.5 Å². The summed E-state index contributed by atoms with van der Waals surface area (Å²) in [6.07, 6.45) is -1.51. The Morgan fingerprint density at radius 3 is 1.12 bits per heavy atom. The molecule has 0 bridgehead atoms. The Morgan fingerprint density at radius 1 is 0.381 bits per heavy atom. The van der Waals surface area contributed by atoms with E-state index in [2.05, 4.69) is 196 Å². The SMILES string of the molecule is CC.CC(C)(C)OC(=O)Oc1ccc(C2(c3ccc(OC(=O)OC(C)(C)C)cc3)c3ccccc3-c3ccccc32)cc1.CC(C)c1ccccc1.CC(C)c1ccccc1.c1ccc2c(-n3c4ccccc4c4ccccc43)cccc2c1. The van der Waals surface area contributed by atoms with Crippen LogP contribution in [0.2, 0.25) is 0 Å². The highest BCUT2D eigenvalue weighted by Gasteiger charge is 2.46. The maximum atomic E-state index is 12.3. The number of hydrogen-bond donors (Lipinski definition) is 0. The molecule has 1 aromatic heterocycles. The largest absolute Gasteiger partial charge is 0.514 e. The molecule has 0 fully saturated rings. The van der Waals surface area contributed by atoms with Crippen LogP contribution in [0.5, 0.6) is 11.5 Å². The molecule has 0 atom stereocenters. The summed E-state index contributed by atoms with van der Waals surface area (Å²) in [4.78, 5) is 24.6. The van der Waals surface area contributed by atoms with Crippen LogP contribution in [0.15, 0.2) is 249 Å². The molecule has 1 aliphatic rings. The standard InChI is InChI=1S/C35H34O6.C22H15N.2C9H12.C2H6/c1-33(2,3)40-31(36)38-25-19-15-23(16-20-25)35(24-17-21-26(22-18-24)39-32(37)41-34(4,5)6)29-13-9-7-11-27(29)28-12-8-10-14-30(28)35;1-2-10-17-16(8-1)9-7-15-20(17)23-21-13-5-3-11-18(21)19-12-4-6-14-22(19)23;2*1-8(2)9-6-4-3-5-7-9;1-2/h7-22H,1-6H3;1-15H;2*3-8H,1-2H3;1-2H3. The lowest BCUT2D eigenvalue weighted by Gasteiger charge is -2.34. The number of ether oxygens (including phenoxy) is 4. The normalized spacial score (nSPS) is 12.0. The van der Waals surface area contributed by atoms with Gasteiger partial charge in [0.15, 0.2) is 0 Å². The van der Waals surface area contributed by atoms with Gasteiger partial charge in [-0.25, -0.2) is 9.59 Å². The predicted octanol–water partition coefficient (Wildman–Crippen LogP) is 21.3. The zero-order valence-electron chi connectivity index (χ0n) is 50.7. The van der Waals surface area contributed by atoms with Crippen molar-refractivity contribution in [2.24, 2.45) is 0 Å². The van der Waals surface area contributed by atoms with Crippen molar-refractivity contribution in [2.45, 2.75) is 112 Å². The zero-order chi connectivity index (χ0) is 60.0. The molecule has 7 nitrogen and oxygen atoms in total. The Hall–Kier alpha value is -9.20. The molecule has 0 aliphatic heterocycles. The summed E-state index contributed by atoms with van der Waals surface area (Å²) in [5.74, 6) is 2.09. The molecule has 0 unspecified atom stereocenters. The molecule has 0 saturated heterocycles. The first-order valence-electron chi connectivity index (χ1n) is 29.2. The van der Waals surface area contributed by atoms with E-state index in [1.807, 2.05) is 74.5 Å². The monoisotopic (exact) mass is 1110 g/mol. The Morgan fingerprint density at radius 2 is 0.726 bits per heavy atom. The van der Waals surface area contributed by atoms with E-state index in [1.165, 1.54) is 49.4 Å². The van der Waals surface area contributed by atoms with Gasteiger partial charge in [0.1, 0.15) is 22.7 Å². The van der Waals surface area contributed by atoms with Crippen molar-refractivity contribution in [2.75, 3.05) is 0 Å². The number of rotatable bonds is 7. The maximum Gasteiger partial charge on any atom is 0.514 e. The lowest BCUT2D eigenvalue weighted by Crippen LogP contribution is -2.29. The second kappa shape index (κ2) is 27.3. The summed E-state index contributed by atoms with van der Waals surface area (Å²) in [7, 11) is 0. The highest BCUT2D eigenvalue weighted by Crippen LogP contribution is 2.56. The van der Waals surface area contributed by atoms with E-state index < -0.39 is 28.9 Å². The van der Waals surface area contributed by atoms with Crippen LogP contribution in [-0.4, -0.2) is 28.1 Å². The van der Waals surface area contributed by atoms with Crippen molar-refractivity contribution in [1.29, 1.82) is 0 Å². The fourth-order valence-electron chi connectivity index (χ4n) is 10.6. The van der Waals surface area contributed by atoms with Gasteiger partial charge in [-0.1, -0.05) is 248 Å². The molecule has 428 valence electrons. The van der Waals surface area contributed by atoms with Crippen LogP contribution in [0.3, 0.4) is 0 Å². The number of nitrogens with zero attached hydrogens (tertiary/aromatic N) is 1. The van der Waals surface area contributed by atoms with E-state index in [1.54, 1.807) is 65.8 Å². The first-order valence-corrected chi connectivity index (χ1v) is 29.2. The summed E-state index contributed by atoms with van der Waals surface area (Å²) in [5.41, 5.74) is 11.1. The highest BCUT2D eigenvalue weighted by atomic mass is 16.7. The van der Waals surface area contributed by atoms with Crippen LogP contribution in [-0.2, 0) is 14.9 Å². The zero-order valence-corrected chi connectivity index (χ0v) is 50.7. The average molecular weight is 1110 g/mol. The Labute approximate surface area is 497 Å². The van der Waals surface area contributed by atoms with Crippen LogP contribution in [0, 0.1) is 0 Å². The van der Waals surface area contributed by atoms with Crippen molar-refractivity contribution >= 4 is 44.9 Å². The van der Waals surface area contributed by atoms with E-state index in [0.29, 0.717) is 23.3 Å². The second-order valence-electron chi connectivity index (χ2n) is 23.0. The van der Waals surface area contributed by atoms with Gasteiger partial charge in [-0.3, -0.25) is 0 Å². The summed E-state index contributed by atoms with van der Waals surface area (Å²) >= 11 is 0. The van der Waals surface area contributed by atoms with Gasteiger partial charge in [0.05, 0.1) is 22.1 Å². The molecule has 10 aromatic carbocycles. The first kappa shape index (κ1) is 60.9. The molecule has 0 amide bonds. The molecule has 12 rings (SSSR count). The molecule has 1 heterocycles. The van der Waals surface area contributed by atoms with E-state index in [4.69, 9.17) is 18.9 Å². The molecule has 0 saturated carbocycles. The van der Waals surface area contributed by atoms with E-state index in [0.717, 1.165) is 33.4 Å². The van der Waals surface area contributed by atoms with Crippen molar-refractivity contribution in [3.05, 3.63) is 282 Å². The van der Waals surface area contributed by atoms with Gasteiger partial charge < -0.3 is 23.5 Å². The Balaban J connectivity index is 0.000000176. The molecule has 7 heteroatoms. The summed E-state index contributed by atoms with van der Waals surface area (Å²) in [6.45, 7) is 23.6. The summed E-state index contributed by atoms with van der Waals surface area (Å²) in [5, 5.41) is 5.15. The number of carbonyl (C=O) groups excluding carboxylic acids is 2. The highest BCUT2D eigenvalue weighted by molar-refractivity contribution is 6.10. The summed E-state index contributed by atoms with van der Waals surface area (Å²) in [6, 6.07) is 85.2. The number of para-hydroxylation sites is 2. The quantitative estimate of drug-likeness (QED) is 0.117. The van der Waals surface area contributed by atoms with Crippen molar-refractivity contribution in [3.8, 4) is 28.3 Å².